The molecular formula is C19H22N4O6. The van der Waals surface area contributed by atoms with Crippen molar-refractivity contribution in [1.82, 2.24) is 20.9 Å². The number of hydrogen-bond acceptors (Lipinski definition) is 6. The molecule has 2 atom stereocenters. The Morgan fingerprint density at radius 3 is 2.72 bits per heavy atom. The van der Waals surface area contributed by atoms with Crippen molar-refractivity contribution >= 4 is 29.8 Å². The zero-order valence-corrected chi connectivity index (χ0v) is 16.1. The average Bonchev–Trinajstić information content (AvgIpc) is 2.92. The van der Waals surface area contributed by atoms with Crippen molar-refractivity contribution in [1.29, 1.82) is 0 Å². The Balaban J connectivity index is 1.69. The van der Waals surface area contributed by atoms with Crippen LogP contribution in [0.2, 0.25) is 0 Å². The number of nitrogens with zero attached hydrogens (tertiary/aromatic N) is 1. The van der Waals surface area contributed by atoms with Gasteiger partial charge in [0.15, 0.2) is 6.10 Å². The molecule has 1 aliphatic carbocycles. The molecule has 1 fully saturated rings. The van der Waals surface area contributed by atoms with E-state index in [1.807, 2.05) is 17.4 Å². The number of imide groups is 2. The molecule has 0 radical (unpaired) electrons. The summed E-state index contributed by atoms with van der Waals surface area (Å²) >= 11 is 0. The number of hydrogen-bond donors (Lipinski definition) is 3. The van der Waals surface area contributed by atoms with Crippen molar-refractivity contribution in [3.8, 4) is 0 Å². The summed E-state index contributed by atoms with van der Waals surface area (Å²) in [6, 6.07) is 5.96. The van der Waals surface area contributed by atoms with E-state index in [0.29, 0.717) is 6.42 Å². The molecule has 1 aliphatic heterocycles. The first-order chi connectivity index (χ1) is 13.8. The second-order valence-electron chi connectivity index (χ2n) is 6.94. The van der Waals surface area contributed by atoms with Gasteiger partial charge >= 0.3 is 18.0 Å². The maximum Gasteiger partial charge on any atom is 0.327 e. The van der Waals surface area contributed by atoms with Gasteiger partial charge in [-0.15, -0.1) is 0 Å². The Morgan fingerprint density at radius 1 is 1.28 bits per heavy atom. The van der Waals surface area contributed by atoms with Gasteiger partial charge in [-0.1, -0.05) is 24.3 Å². The quantitative estimate of drug-likeness (QED) is 0.485. The highest BCUT2D eigenvalue weighted by Crippen LogP contribution is 2.39. The van der Waals surface area contributed by atoms with Crippen molar-refractivity contribution in [2.45, 2.75) is 37.8 Å². The molecule has 1 saturated heterocycles. The number of ether oxygens (including phenoxy) is 1. The second kappa shape index (κ2) is 7.90. The number of carbonyl (C=O) groups is 5. The van der Waals surface area contributed by atoms with Crippen LogP contribution in [0.15, 0.2) is 24.3 Å². The third kappa shape index (κ3) is 3.78. The predicted octanol–water partition coefficient (Wildman–Crippen LogP) is 0.157. The minimum atomic E-state index is -1.27. The summed E-state index contributed by atoms with van der Waals surface area (Å²) in [5.74, 6) is -2.28. The topological polar surface area (TPSA) is 134 Å². The third-order valence-electron chi connectivity index (χ3n) is 5.08. The monoisotopic (exact) mass is 402 g/mol. The van der Waals surface area contributed by atoms with E-state index in [1.54, 1.807) is 12.1 Å². The van der Waals surface area contributed by atoms with Crippen molar-refractivity contribution in [2.75, 3.05) is 13.6 Å². The van der Waals surface area contributed by atoms with Crippen LogP contribution in [-0.2, 0) is 31.1 Å². The Hall–Kier alpha value is -3.43. The van der Waals surface area contributed by atoms with Gasteiger partial charge in [0.05, 0.1) is 0 Å². The summed E-state index contributed by atoms with van der Waals surface area (Å²) in [7, 11) is 1.33. The number of amides is 6. The van der Waals surface area contributed by atoms with E-state index < -0.39 is 48.0 Å². The Morgan fingerprint density at radius 2 is 2.00 bits per heavy atom. The Bertz CT molecular complexity index is 885. The van der Waals surface area contributed by atoms with Crippen molar-refractivity contribution in [3.05, 3.63) is 35.4 Å². The van der Waals surface area contributed by atoms with Crippen LogP contribution in [0.5, 0.6) is 0 Å². The van der Waals surface area contributed by atoms with Gasteiger partial charge < -0.3 is 15.4 Å². The largest absolute Gasteiger partial charge is 0.451 e. The van der Waals surface area contributed by atoms with E-state index in [4.69, 9.17) is 4.74 Å². The van der Waals surface area contributed by atoms with Gasteiger partial charge in [0.1, 0.15) is 12.1 Å². The van der Waals surface area contributed by atoms with Crippen molar-refractivity contribution in [2.24, 2.45) is 0 Å². The molecule has 1 aromatic rings. The van der Waals surface area contributed by atoms with Gasteiger partial charge in [-0.3, -0.25) is 24.6 Å². The summed E-state index contributed by atoms with van der Waals surface area (Å²) in [4.78, 5) is 61.5. The molecule has 154 valence electrons. The number of rotatable bonds is 4. The molecule has 29 heavy (non-hydrogen) atoms. The highest BCUT2D eigenvalue weighted by atomic mass is 16.5. The molecule has 1 aromatic carbocycles. The Labute approximate surface area is 166 Å². The maximum absolute atomic E-state index is 13.1. The fourth-order valence-corrected chi connectivity index (χ4v) is 3.65. The van der Waals surface area contributed by atoms with E-state index in [9.17, 15) is 24.0 Å². The van der Waals surface area contributed by atoms with E-state index in [2.05, 4.69) is 10.6 Å². The van der Waals surface area contributed by atoms with Gasteiger partial charge in [0.2, 0.25) is 0 Å². The van der Waals surface area contributed by atoms with Crippen LogP contribution in [0.1, 0.15) is 30.9 Å². The maximum atomic E-state index is 13.1. The molecule has 3 N–H and O–H groups in total. The molecule has 3 rings (SSSR count). The van der Waals surface area contributed by atoms with E-state index in [1.165, 1.54) is 14.0 Å². The van der Waals surface area contributed by atoms with Gasteiger partial charge in [-0.05, 0) is 37.3 Å². The van der Waals surface area contributed by atoms with E-state index in [-0.39, 0.29) is 0 Å². The molecule has 0 unspecified atom stereocenters. The number of aryl methyl sites for hydroxylation is 1. The number of fused-ring (bicyclic) bond motifs is 2. The lowest BCUT2D eigenvalue weighted by Crippen LogP contribution is -2.47. The highest BCUT2D eigenvalue weighted by Gasteiger charge is 2.54. The lowest BCUT2D eigenvalue weighted by molar-refractivity contribution is -0.156. The summed E-state index contributed by atoms with van der Waals surface area (Å²) < 4.78 is 4.96. The standard InChI is InChI=1S/C19H22N4O6/c1-11(15(25)21-17(27)20-2)29-14(24)10-23-16(26)19(22-18(23)28)9-5-7-12-6-3-4-8-13(12)19/h3-4,6,8,11H,5,7,9-10H2,1-2H3,(H,22,28)(H2,20,21,25,27)/t11-,19-/m0/s1. The second-order valence-corrected chi connectivity index (χ2v) is 6.94. The molecule has 10 nitrogen and oxygen atoms in total. The van der Waals surface area contributed by atoms with Crippen molar-refractivity contribution < 1.29 is 28.7 Å². The van der Waals surface area contributed by atoms with Crippen LogP contribution in [-0.4, -0.2) is 54.4 Å². The number of esters is 1. The predicted molar refractivity (Wildman–Crippen MR) is 99.5 cm³/mol. The normalized spacial score (nSPS) is 21.2. The number of nitrogens with one attached hydrogen (secondary N) is 3. The molecule has 0 saturated carbocycles. The number of urea groups is 2. The minimum Gasteiger partial charge on any atom is -0.451 e. The molecule has 10 heteroatoms. The highest BCUT2D eigenvalue weighted by molar-refractivity contribution is 6.09. The summed E-state index contributed by atoms with van der Waals surface area (Å²) in [6.45, 7) is 0.646. The first-order valence-electron chi connectivity index (χ1n) is 9.23. The van der Waals surface area contributed by atoms with Gasteiger partial charge in [-0.25, -0.2) is 9.59 Å². The SMILES string of the molecule is CNC(=O)NC(=O)[C@H](C)OC(=O)CN1C(=O)N[C@]2(CCCc3ccccc32)C1=O. The number of carbonyl (C=O) groups excluding carboxylic acids is 5. The van der Waals surface area contributed by atoms with Crippen LogP contribution in [0, 0.1) is 0 Å². The summed E-state index contributed by atoms with van der Waals surface area (Å²) in [5, 5.41) is 6.91. The molecule has 1 heterocycles. The van der Waals surface area contributed by atoms with Crippen LogP contribution in [0.4, 0.5) is 9.59 Å². The third-order valence-corrected chi connectivity index (χ3v) is 5.08. The molecule has 1 spiro atoms. The zero-order valence-electron chi connectivity index (χ0n) is 16.1. The van der Waals surface area contributed by atoms with Crippen LogP contribution < -0.4 is 16.0 Å². The fraction of sp³-hybridized carbons (Fsp3) is 0.421. The average molecular weight is 402 g/mol. The lowest BCUT2D eigenvalue weighted by atomic mass is 9.76. The number of benzene rings is 1. The van der Waals surface area contributed by atoms with Gasteiger partial charge in [0.25, 0.3) is 11.8 Å². The van der Waals surface area contributed by atoms with Gasteiger partial charge in [-0.2, -0.15) is 0 Å². The van der Waals surface area contributed by atoms with Gasteiger partial charge in [0, 0.05) is 7.05 Å². The molecular weight excluding hydrogens is 380 g/mol. The first-order valence-corrected chi connectivity index (χ1v) is 9.23. The molecule has 2 aliphatic rings. The van der Waals surface area contributed by atoms with Crippen LogP contribution >= 0.6 is 0 Å². The summed E-state index contributed by atoms with van der Waals surface area (Å²) in [6.07, 6.45) is 0.689. The smallest absolute Gasteiger partial charge is 0.327 e. The fourth-order valence-electron chi connectivity index (χ4n) is 3.65. The Kier molecular flexibility index (Phi) is 5.53. The zero-order chi connectivity index (χ0) is 21.2. The van der Waals surface area contributed by atoms with E-state index in [0.717, 1.165) is 28.9 Å². The molecule has 0 aromatic heterocycles. The van der Waals surface area contributed by atoms with E-state index >= 15 is 0 Å². The molecule has 0 bridgehead atoms. The van der Waals surface area contributed by atoms with Crippen LogP contribution in [0.25, 0.3) is 0 Å². The summed E-state index contributed by atoms with van der Waals surface area (Å²) in [5.41, 5.74) is 0.532. The molecule has 6 amide bonds. The minimum absolute atomic E-state index is 0.436. The lowest BCUT2D eigenvalue weighted by Gasteiger charge is -2.33. The first kappa shape index (κ1) is 20.3. The van der Waals surface area contributed by atoms with Crippen LogP contribution in [0.3, 0.4) is 0 Å². The van der Waals surface area contributed by atoms with Crippen molar-refractivity contribution in [3.63, 3.8) is 0 Å².